The summed E-state index contributed by atoms with van der Waals surface area (Å²) in [4.78, 5) is 13.0. The predicted molar refractivity (Wildman–Crippen MR) is 73.2 cm³/mol. The van der Waals surface area contributed by atoms with E-state index >= 15 is 0 Å². The average Bonchev–Trinajstić information content (AvgIpc) is 2.64. The SMILES string of the molecule is Cc1cnccc1N1c2cnccc2N(C)C1C. The first-order valence-corrected chi connectivity index (χ1v) is 6.07. The topological polar surface area (TPSA) is 32.3 Å². The van der Waals surface area contributed by atoms with Gasteiger partial charge in [-0.2, -0.15) is 0 Å². The Bertz CT molecular complexity index is 582. The fourth-order valence-electron chi connectivity index (χ4n) is 2.51. The Balaban J connectivity index is 2.16. The first-order chi connectivity index (χ1) is 8.70. The quantitative estimate of drug-likeness (QED) is 0.767. The van der Waals surface area contributed by atoms with Gasteiger partial charge >= 0.3 is 0 Å². The van der Waals surface area contributed by atoms with Crippen LogP contribution in [0.5, 0.6) is 0 Å². The van der Waals surface area contributed by atoms with Crippen molar-refractivity contribution in [1.82, 2.24) is 9.97 Å². The summed E-state index contributed by atoms with van der Waals surface area (Å²) in [6.07, 6.45) is 7.78. The number of anilines is 3. The number of fused-ring (bicyclic) bond motifs is 1. The zero-order valence-corrected chi connectivity index (χ0v) is 10.8. The number of hydrogen-bond donors (Lipinski definition) is 0. The molecule has 0 N–H and O–H groups in total. The number of nitrogens with zero attached hydrogens (tertiary/aromatic N) is 4. The van der Waals surface area contributed by atoms with Crippen molar-refractivity contribution >= 4 is 17.1 Å². The first-order valence-electron chi connectivity index (χ1n) is 6.07. The molecule has 2 aromatic rings. The van der Waals surface area contributed by atoms with Gasteiger partial charge in [-0.15, -0.1) is 0 Å². The molecule has 3 heterocycles. The molecule has 1 aliphatic heterocycles. The Kier molecular flexibility index (Phi) is 2.44. The van der Waals surface area contributed by atoms with Crippen molar-refractivity contribution in [3.05, 3.63) is 42.5 Å². The standard InChI is InChI=1S/C14H16N4/c1-10-8-15-6-4-12(10)18-11(2)17(3)13-5-7-16-9-14(13)18/h4-9,11H,1-3H3. The van der Waals surface area contributed by atoms with Crippen LogP contribution in [0, 0.1) is 6.92 Å². The third-order valence-corrected chi connectivity index (χ3v) is 3.60. The van der Waals surface area contributed by atoms with Crippen LogP contribution < -0.4 is 9.80 Å². The molecule has 0 aliphatic carbocycles. The lowest BCUT2D eigenvalue weighted by atomic mass is 10.2. The molecular weight excluding hydrogens is 224 g/mol. The maximum absolute atomic E-state index is 4.25. The van der Waals surface area contributed by atoms with Crippen molar-refractivity contribution in [3.63, 3.8) is 0 Å². The van der Waals surface area contributed by atoms with E-state index in [9.17, 15) is 0 Å². The molecule has 1 atom stereocenters. The van der Waals surface area contributed by atoms with E-state index in [1.54, 1.807) is 0 Å². The van der Waals surface area contributed by atoms with Gasteiger partial charge in [-0.1, -0.05) is 0 Å². The average molecular weight is 240 g/mol. The molecule has 2 aromatic heterocycles. The normalized spacial score (nSPS) is 18.1. The molecule has 4 heteroatoms. The van der Waals surface area contributed by atoms with Crippen LogP contribution >= 0.6 is 0 Å². The monoisotopic (exact) mass is 240 g/mol. The van der Waals surface area contributed by atoms with E-state index in [2.05, 4.69) is 52.8 Å². The van der Waals surface area contributed by atoms with Crippen LogP contribution in [0.4, 0.5) is 17.1 Å². The minimum atomic E-state index is 0.283. The molecule has 0 amide bonds. The van der Waals surface area contributed by atoms with E-state index in [-0.39, 0.29) is 6.17 Å². The van der Waals surface area contributed by atoms with Gasteiger partial charge in [-0.25, -0.2) is 0 Å². The van der Waals surface area contributed by atoms with E-state index in [0.29, 0.717) is 0 Å². The lowest BCUT2D eigenvalue weighted by Crippen LogP contribution is -2.35. The van der Waals surface area contributed by atoms with Gasteiger partial charge < -0.3 is 9.80 Å². The second-order valence-electron chi connectivity index (χ2n) is 4.64. The van der Waals surface area contributed by atoms with E-state index in [1.807, 2.05) is 24.8 Å². The van der Waals surface area contributed by atoms with Gasteiger partial charge in [0.15, 0.2) is 0 Å². The lowest BCUT2D eigenvalue weighted by molar-refractivity contribution is 0.732. The summed E-state index contributed by atoms with van der Waals surface area (Å²) in [6.45, 7) is 4.28. The van der Waals surface area contributed by atoms with Gasteiger partial charge in [0, 0.05) is 31.3 Å². The van der Waals surface area contributed by atoms with E-state index in [4.69, 9.17) is 0 Å². The first kappa shape index (κ1) is 11.0. The van der Waals surface area contributed by atoms with Crippen LogP contribution in [-0.2, 0) is 0 Å². The van der Waals surface area contributed by atoms with Gasteiger partial charge in [-0.05, 0) is 31.5 Å². The summed E-state index contributed by atoms with van der Waals surface area (Å²) in [6, 6.07) is 4.12. The minimum Gasteiger partial charge on any atom is -0.352 e. The zero-order chi connectivity index (χ0) is 12.7. The fraction of sp³-hybridized carbons (Fsp3) is 0.286. The van der Waals surface area contributed by atoms with Gasteiger partial charge in [0.2, 0.25) is 0 Å². The third kappa shape index (κ3) is 1.45. The molecule has 1 aliphatic rings. The summed E-state index contributed by atoms with van der Waals surface area (Å²) in [5.41, 5.74) is 4.74. The second-order valence-corrected chi connectivity index (χ2v) is 4.64. The molecule has 0 fully saturated rings. The molecule has 0 aromatic carbocycles. The van der Waals surface area contributed by atoms with Crippen LogP contribution in [0.3, 0.4) is 0 Å². The van der Waals surface area contributed by atoms with Crippen molar-refractivity contribution < 1.29 is 0 Å². The highest BCUT2D eigenvalue weighted by Gasteiger charge is 2.32. The Hall–Kier alpha value is -2.10. The molecule has 1 unspecified atom stereocenters. The van der Waals surface area contributed by atoms with Crippen LogP contribution in [0.1, 0.15) is 12.5 Å². The van der Waals surface area contributed by atoms with Crippen molar-refractivity contribution in [3.8, 4) is 0 Å². The van der Waals surface area contributed by atoms with Crippen LogP contribution in [0.15, 0.2) is 36.9 Å². The van der Waals surface area contributed by atoms with Crippen molar-refractivity contribution in [2.24, 2.45) is 0 Å². The van der Waals surface area contributed by atoms with Gasteiger partial charge in [0.25, 0.3) is 0 Å². The molecule has 18 heavy (non-hydrogen) atoms. The second kappa shape index (κ2) is 3.98. The molecule has 4 nitrogen and oxygen atoms in total. The Morgan fingerprint density at radius 1 is 1.00 bits per heavy atom. The predicted octanol–water partition coefficient (Wildman–Crippen LogP) is 2.72. The number of aryl methyl sites for hydroxylation is 1. The molecule has 0 saturated heterocycles. The minimum absolute atomic E-state index is 0.283. The maximum atomic E-state index is 4.25. The maximum Gasteiger partial charge on any atom is 0.103 e. The van der Waals surface area contributed by atoms with Crippen molar-refractivity contribution in [2.75, 3.05) is 16.8 Å². The molecule has 92 valence electrons. The molecule has 0 spiro atoms. The number of pyridine rings is 2. The number of hydrogen-bond acceptors (Lipinski definition) is 4. The summed E-state index contributed by atoms with van der Waals surface area (Å²) in [5.74, 6) is 0. The Labute approximate surface area is 107 Å². The fourth-order valence-corrected chi connectivity index (χ4v) is 2.51. The number of rotatable bonds is 1. The lowest BCUT2D eigenvalue weighted by Gasteiger charge is -2.28. The molecule has 0 saturated carbocycles. The summed E-state index contributed by atoms with van der Waals surface area (Å²) in [5, 5.41) is 0. The molecule has 0 radical (unpaired) electrons. The van der Waals surface area contributed by atoms with Crippen LogP contribution in [0.25, 0.3) is 0 Å². The van der Waals surface area contributed by atoms with E-state index in [0.717, 1.165) is 5.69 Å². The van der Waals surface area contributed by atoms with Gasteiger partial charge in [0.05, 0.1) is 17.6 Å². The van der Waals surface area contributed by atoms with Gasteiger partial charge in [-0.3, -0.25) is 9.97 Å². The highest BCUT2D eigenvalue weighted by Crippen LogP contribution is 2.42. The van der Waals surface area contributed by atoms with Gasteiger partial charge in [0.1, 0.15) is 6.17 Å². The summed E-state index contributed by atoms with van der Waals surface area (Å²) < 4.78 is 0. The number of aromatic nitrogens is 2. The highest BCUT2D eigenvalue weighted by atomic mass is 15.4. The summed E-state index contributed by atoms with van der Waals surface area (Å²) in [7, 11) is 2.11. The van der Waals surface area contributed by atoms with E-state index in [1.165, 1.54) is 16.9 Å². The molecule has 0 bridgehead atoms. The Morgan fingerprint density at radius 3 is 2.39 bits per heavy atom. The third-order valence-electron chi connectivity index (χ3n) is 3.60. The summed E-state index contributed by atoms with van der Waals surface area (Å²) >= 11 is 0. The van der Waals surface area contributed by atoms with Crippen LogP contribution in [0.2, 0.25) is 0 Å². The van der Waals surface area contributed by atoms with Crippen molar-refractivity contribution in [1.29, 1.82) is 0 Å². The van der Waals surface area contributed by atoms with E-state index < -0.39 is 0 Å². The Morgan fingerprint density at radius 2 is 1.67 bits per heavy atom. The molecular formula is C14H16N4. The molecule has 3 rings (SSSR count). The van der Waals surface area contributed by atoms with Crippen molar-refractivity contribution in [2.45, 2.75) is 20.0 Å². The van der Waals surface area contributed by atoms with Crippen LogP contribution in [-0.4, -0.2) is 23.2 Å². The smallest absolute Gasteiger partial charge is 0.103 e. The zero-order valence-electron chi connectivity index (χ0n) is 10.8. The largest absolute Gasteiger partial charge is 0.352 e. The highest BCUT2D eigenvalue weighted by molar-refractivity contribution is 5.83.